The highest BCUT2D eigenvalue weighted by atomic mass is 32.2. The lowest BCUT2D eigenvalue weighted by atomic mass is 10.2. The number of aromatic nitrogens is 2. The predicted octanol–water partition coefficient (Wildman–Crippen LogP) is 1.84. The van der Waals surface area contributed by atoms with Gasteiger partial charge < -0.3 is 0 Å². The van der Waals surface area contributed by atoms with Gasteiger partial charge in [0.2, 0.25) is 0 Å². The van der Waals surface area contributed by atoms with Crippen LogP contribution in [0.1, 0.15) is 23.7 Å². The van der Waals surface area contributed by atoms with Crippen LogP contribution in [0.2, 0.25) is 0 Å². The lowest BCUT2D eigenvalue weighted by Crippen LogP contribution is -1.99. The summed E-state index contributed by atoms with van der Waals surface area (Å²) < 4.78 is 1.77. The molecule has 0 aliphatic heterocycles. The number of carbonyl (C=O) groups excluding carboxylic acids is 1. The zero-order valence-electron chi connectivity index (χ0n) is 7.99. The van der Waals surface area contributed by atoms with Crippen LogP contribution in [-0.2, 0) is 6.54 Å². The summed E-state index contributed by atoms with van der Waals surface area (Å²) in [4.78, 5) is 11.5. The first-order valence-corrected chi connectivity index (χ1v) is 5.72. The van der Waals surface area contributed by atoms with Gasteiger partial charge >= 0.3 is 0 Å². The molecule has 3 nitrogen and oxygen atoms in total. The van der Waals surface area contributed by atoms with E-state index in [1.165, 1.54) is 0 Å². The Morgan fingerprint density at radius 3 is 3.00 bits per heavy atom. The second-order valence-electron chi connectivity index (χ2n) is 2.75. The smallest absolute Gasteiger partial charge is 0.166 e. The fourth-order valence-electron chi connectivity index (χ4n) is 1.02. The van der Waals surface area contributed by atoms with Crippen molar-refractivity contribution in [3.8, 4) is 0 Å². The van der Waals surface area contributed by atoms with Gasteiger partial charge in [0.1, 0.15) is 0 Å². The summed E-state index contributed by atoms with van der Waals surface area (Å²) in [7, 11) is 0. The van der Waals surface area contributed by atoms with E-state index in [1.54, 1.807) is 22.6 Å². The molecule has 1 heterocycles. The summed E-state index contributed by atoms with van der Waals surface area (Å²) >= 11 is 1.69. The van der Waals surface area contributed by atoms with Gasteiger partial charge in [-0.1, -0.05) is 0 Å². The lowest BCUT2D eigenvalue weighted by Gasteiger charge is -1.94. The highest BCUT2D eigenvalue weighted by Crippen LogP contribution is 2.05. The van der Waals surface area contributed by atoms with E-state index in [0.29, 0.717) is 6.42 Å². The maximum atomic E-state index is 11.5. The van der Waals surface area contributed by atoms with E-state index in [2.05, 4.69) is 5.10 Å². The number of ketones is 1. The molecule has 1 rings (SSSR count). The van der Waals surface area contributed by atoms with Gasteiger partial charge in [0.15, 0.2) is 5.78 Å². The summed E-state index contributed by atoms with van der Waals surface area (Å²) in [5.41, 5.74) is 0.732. The molecule has 72 valence electrons. The molecule has 0 saturated heterocycles. The molecule has 0 fully saturated rings. The van der Waals surface area contributed by atoms with E-state index in [1.807, 2.05) is 19.4 Å². The number of carbonyl (C=O) groups is 1. The molecule has 0 amide bonds. The van der Waals surface area contributed by atoms with Crippen molar-refractivity contribution in [1.29, 1.82) is 0 Å². The van der Waals surface area contributed by atoms with Crippen LogP contribution in [0.5, 0.6) is 0 Å². The molecule has 1 aromatic heterocycles. The zero-order valence-corrected chi connectivity index (χ0v) is 8.80. The Labute approximate surface area is 82.5 Å². The second kappa shape index (κ2) is 5.07. The van der Waals surface area contributed by atoms with Crippen molar-refractivity contribution < 1.29 is 4.79 Å². The number of hydrogen-bond donors (Lipinski definition) is 0. The van der Waals surface area contributed by atoms with Gasteiger partial charge in [-0.05, 0) is 13.2 Å². The van der Waals surface area contributed by atoms with Crippen LogP contribution in [0, 0.1) is 0 Å². The van der Waals surface area contributed by atoms with Crippen LogP contribution < -0.4 is 0 Å². The third-order valence-electron chi connectivity index (χ3n) is 1.81. The zero-order chi connectivity index (χ0) is 9.68. The molecule has 0 spiro atoms. The fourth-order valence-corrected chi connectivity index (χ4v) is 1.41. The average molecular weight is 198 g/mol. The summed E-state index contributed by atoms with van der Waals surface area (Å²) in [6.07, 6.45) is 6.06. The van der Waals surface area contributed by atoms with Gasteiger partial charge in [-0.3, -0.25) is 9.48 Å². The molecule has 0 aliphatic rings. The van der Waals surface area contributed by atoms with E-state index in [9.17, 15) is 4.79 Å². The first kappa shape index (κ1) is 10.3. The van der Waals surface area contributed by atoms with E-state index in [-0.39, 0.29) is 5.78 Å². The monoisotopic (exact) mass is 198 g/mol. The van der Waals surface area contributed by atoms with Crippen molar-refractivity contribution in [2.45, 2.75) is 19.9 Å². The predicted molar refractivity (Wildman–Crippen MR) is 55.2 cm³/mol. The molecule has 0 aromatic carbocycles. The molecule has 0 bridgehead atoms. The Kier molecular flexibility index (Phi) is 4.02. The highest BCUT2D eigenvalue weighted by molar-refractivity contribution is 7.98. The lowest BCUT2D eigenvalue weighted by molar-refractivity contribution is 0.0989. The van der Waals surface area contributed by atoms with Crippen LogP contribution in [0.3, 0.4) is 0 Å². The van der Waals surface area contributed by atoms with Crippen molar-refractivity contribution in [2.75, 3.05) is 12.0 Å². The Morgan fingerprint density at radius 1 is 1.69 bits per heavy atom. The van der Waals surface area contributed by atoms with Gasteiger partial charge in [-0.25, -0.2) is 0 Å². The molecule has 0 atom stereocenters. The molecule has 0 aliphatic carbocycles. The van der Waals surface area contributed by atoms with Crippen LogP contribution in [0.4, 0.5) is 0 Å². The summed E-state index contributed by atoms with van der Waals surface area (Å²) in [5, 5.41) is 4.05. The van der Waals surface area contributed by atoms with Crippen molar-refractivity contribution in [1.82, 2.24) is 9.78 Å². The SMILES string of the molecule is CCn1cc(C(=O)CCSC)cn1. The number of nitrogens with zero attached hydrogens (tertiary/aromatic N) is 2. The van der Waals surface area contributed by atoms with Gasteiger partial charge in [0, 0.05) is 24.9 Å². The van der Waals surface area contributed by atoms with Crippen LogP contribution >= 0.6 is 11.8 Å². The third kappa shape index (κ3) is 2.88. The Hall–Kier alpha value is -0.770. The van der Waals surface area contributed by atoms with Gasteiger partial charge in [0.05, 0.1) is 11.8 Å². The molecule has 4 heteroatoms. The average Bonchev–Trinajstić information content (AvgIpc) is 2.62. The van der Waals surface area contributed by atoms with Gasteiger partial charge in [-0.15, -0.1) is 0 Å². The Bertz CT molecular complexity index is 283. The van der Waals surface area contributed by atoms with Crippen LogP contribution in [-0.4, -0.2) is 27.6 Å². The molecular formula is C9H14N2OS. The van der Waals surface area contributed by atoms with Gasteiger partial charge in [-0.2, -0.15) is 16.9 Å². The molecule has 0 unspecified atom stereocenters. The number of rotatable bonds is 5. The number of aryl methyl sites for hydroxylation is 1. The third-order valence-corrected chi connectivity index (χ3v) is 2.42. The van der Waals surface area contributed by atoms with E-state index < -0.39 is 0 Å². The minimum atomic E-state index is 0.189. The van der Waals surface area contributed by atoms with Crippen LogP contribution in [0.25, 0.3) is 0 Å². The van der Waals surface area contributed by atoms with Gasteiger partial charge in [0.25, 0.3) is 0 Å². The summed E-state index contributed by atoms with van der Waals surface area (Å²) in [6.45, 7) is 2.82. The van der Waals surface area contributed by atoms with Crippen molar-refractivity contribution in [3.05, 3.63) is 18.0 Å². The first-order chi connectivity index (χ1) is 6.27. The molecule has 0 N–H and O–H groups in total. The topological polar surface area (TPSA) is 34.9 Å². The summed E-state index contributed by atoms with van der Waals surface area (Å²) in [6, 6.07) is 0. The highest BCUT2D eigenvalue weighted by Gasteiger charge is 2.06. The standard InChI is InChI=1S/C9H14N2OS/c1-3-11-7-8(6-10-11)9(12)4-5-13-2/h6-7H,3-5H2,1-2H3. The molecule has 0 saturated carbocycles. The van der Waals surface area contributed by atoms with Crippen molar-refractivity contribution >= 4 is 17.5 Å². The molecule has 13 heavy (non-hydrogen) atoms. The maximum Gasteiger partial charge on any atom is 0.166 e. The Morgan fingerprint density at radius 2 is 2.46 bits per heavy atom. The largest absolute Gasteiger partial charge is 0.294 e. The minimum Gasteiger partial charge on any atom is -0.294 e. The minimum absolute atomic E-state index is 0.189. The van der Waals surface area contributed by atoms with Crippen molar-refractivity contribution in [2.24, 2.45) is 0 Å². The van der Waals surface area contributed by atoms with E-state index >= 15 is 0 Å². The number of Topliss-reactive ketones (excluding diaryl/α,β-unsaturated/α-hetero) is 1. The first-order valence-electron chi connectivity index (χ1n) is 4.32. The number of thioether (sulfide) groups is 1. The fraction of sp³-hybridized carbons (Fsp3) is 0.556. The molecular weight excluding hydrogens is 184 g/mol. The van der Waals surface area contributed by atoms with E-state index in [0.717, 1.165) is 17.9 Å². The Balaban J connectivity index is 2.55. The summed E-state index contributed by atoms with van der Waals surface area (Å²) in [5.74, 6) is 1.07. The maximum absolute atomic E-state index is 11.5. The number of hydrogen-bond acceptors (Lipinski definition) is 3. The van der Waals surface area contributed by atoms with Crippen LogP contribution in [0.15, 0.2) is 12.4 Å². The quantitative estimate of drug-likeness (QED) is 0.677. The van der Waals surface area contributed by atoms with Crippen molar-refractivity contribution in [3.63, 3.8) is 0 Å². The second-order valence-corrected chi connectivity index (χ2v) is 3.74. The molecule has 1 aromatic rings. The normalized spacial score (nSPS) is 10.3. The van der Waals surface area contributed by atoms with E-state index in [4.69, 9.17) is 0 Å². The molecule has 0 radical (unpaired) electrons.